The Balaban J connectivity index is 2.49. The van der Waals surface area contributed by atoms with Gasteiger partial charge in [0.2, 0.25) is 5.70 Å². The van der Waals surface area contributed by atoms with Gasteiger partial charge in [0.25, 0.3) is 0 Å². The monoisotopic (exact) mass is 182 g/mol. The van der Waals surface area contributed by atoms with Crippen LogP contribution in [0.2, 0.25) is 0 Å². The summed E-state index contributed by atoms with van der Waals surface area (Å²) in [5, 5.41) is 13.4. The molecule has 5 nitrogen and oxygen atoms in total. The van der Waals surface area contributed by atoms with Crippen molar-refractivity contribution in [1.29, 1.82) is 0 Å². The van der Waals surface area contributed by atoms with Crippen LogP contribution in [0, 0.1) is 10.1 Å². The molecule has 0 aromatic rings. The van der Waals surface area contributed by atoms with Crippen molar-refractivity contribution in [2.75, 3.05) is 13.1 Å². The fraction of sp³-hybridized carbons (Fsp3) is 0.500. The average molecular weight is 182 g/mol. The fourth-order valence-corrected chi connectivity index (χ4v) is 1.15. The minimum absolute atomic E-state index is 0.261. The van der Waals surface area contributed by atoms with Crippen molar-refractivity contribution in [2.24, 2.45) is 0 Å². The average Bonchev–Trinajstić information content (AvgIpc) is 2.15. The van der Waals surface area contributed by atoms with Gasteiger partial charge in [0.15, 0.2) is 0 Å². The van der Waals surface area contributed by atoms with E-state index in [-0.39, 0.29) is 10.6 Å². The van der Waals surface area contributed by atoms with Crippen LogP contribution < -0.4 is 5.32 Å². The Bertz CT molecular complexity index is 258. The number of nitrogens with one attached hydrogen (secondary N) is 2. The summed E-state index contributed by atoms with van der Waals surface area (Å²) in [7, 11) is 0. The first kappa shape index (κ1) is 9.73. The van der Waals surface area contributed by atoms with Gasteiger partial charge in [-0.15, -0.1) is 6.54 Å². The second-order valence-electron chi connectivity index (χ2n) is 2.78. The number of allylic oxidation sites excluding steroid dienone is 4. The molecule has 0 aliphatic heterocycles. The topological polar surface area (TPSA) is 79.0 Å². The summed E-state index contributed by atoms with van der Waals surface area (Å²) in [5.74, 6) is 0. The molecule has 0 amide bonds. The lowest BCUT2D eigenvalue weighted by molar-refractivity contribution is -0.428. The molecule has 0 bridgehead atoms. The zero-order valence-corrected chi connectivity index (χ0v) is 7.25. The van der Waals surface area contributed by atoms with E-state index in [1.807, 2.05) is 0 Å². The van der Waals surface area contributed by atoms with Crippen molar-refractivity contribution < 1.29 is 4.92 Å². The van der Waals surface area contributed by atoms with Crippen LogP contribution in [-0.2, 0) is 0 Å². The molecular formula is C8H12N3O2-. The third kappa shape index (κ3) is 2.87. The fourth-order valence-electron chi connectivity index (χ4n) is 1.15. The van der Waals surface area contributed by atoms with Crippen molar-refractivity contribution in [3.8, 4) is 0 Å². The van der Waals surface area contributed by atoms with Crippen LogP contribution in [0.4, 0.5) is 0 Å². The lowest BCUT2D eigenvalue weighted by atomic mass is 10.1. The van der Waals surface area contributed by atoms with Gasteiger partial charge < -0.3 is 11.1 Å². The smallest absolute Gasteiger partial charge is 0.246 e. The van der Waals surface area contributed by atoms with Crippen molar-refractivity contribution in [3.63, 3.8) is 0 Å². The van der Waals surface area contributed by atoms with Crippen molar-refractivity contribution in [3.05, 3.63) is 39.4 Å². The highest BCUT2D eigenvalue weighted by molar-refractivity contribution is 5.19. The second kappa shape index (κ2) is 4.61. The maximum absolute atomic E-state index is 10.3. The molecule has 0 saturated heterocycles. The summed E-state index contributed by atoms with van der Waals surface area (Å²) in [5.41, 5.74) is 8.16. The highest BCUT2D eigenvalue weighted by Crippen LogP contribution is 2.16. The van der Waals surface area contributed by atoms with Gasteiger partial charge >= 0.3 is 0 Å². The number of nitro groups is 1. The molecule has 1 rings (SSSR count). The predicted molar refractivity (Wildman–Crippen MR) is 49.6 cm³/mol. The van der Waals surface area contributed by atoms with E-state index in [0.29, 0.717) is 25.9 Å². The Kier molecular flexibility index (Phi) is 3.45. The van der Waals surface area contributed by atoms with Crippen molar-refractivity contribution >= 4 is 0 Å². The lowest BCUT2D eigenvalue weighted by Gasteiger charge is -2.13. The quantitative estimate of drug-likeness (QED) is 0.528. The van der Waals surface area contributed by atoms with E-state index in [9.17, 15) is 10.1 Å². The van der Waals surface area contributed by atoms with Crippen LogP contribution in [0.1, 0.15) is 12.8 Å². The molecule has 1 aliphatic rings. The molecule has 0 aromatic carbocycles. The minimum Gasteiger partial charge on any atom is -0.676 e. The molecule has 13 heavy (non-hydrogen) atoms. The van der Waals surface area contributed by atoms with Crippen LogP contribution >= 0.6 is 0 Å². The van der Waals surface area contributed by atoms with E-state index in [4.69, 9.17) is 5.73 Å². The Hall–Kier alpha value is -1.36. The van der Waals surface area contributed by atoms with Gasteiger partial charge in [0, 0.05) is 18.2 Å². The molecular weight excluding hydrogens is 170 g/mol. The zero-order chi connectivity index (χ0) is 9.68. The van der Waals surface area contributed by atoms with Crippen LogP contribution in [0.3, 0.4) is 0 Å². The summed E-state index contributed by atoms with van der Waals surface area (Å²) >= 11 is 0. The normalized spacial score (nSPS) is 16.1. The van der Waals surface area contributed by atoms with Gasteiger partial charge in [-0.25, -0.2) is 0 Å². The Morgan fingerprint density at radius 3 is 2.77 bits per heavy atom. The number of rotatable bonds is 4. The summed E-state index contributed by atoms with van der Waals surface area (Å²) in [6, 6.07) is 0. The van der Waals surface area contributed by atoms with Gasteiger partial charge in [-0.2, -0.15) is 0 Å². The molecule has 5 heteroatoms. The largest absolute Gasteiger partial charge is 0.676 e. The Labute approximate surface area is 76.5 Å². The molecule has 1 aliphatic carbocycles. The number of nitrogens with zero attached hydrogens (tertiary/aromatic N) is 1. The summed E-state index contributed by atoms with van der Waals surface area (Å²) in [6.07, 6.45) is 4.39. The third-order valence-corrected chi connectivity index (χ3v) is 1.84. The first-order valence-electron chi connectivity index (χ1n) is 4.16. The van der Waals surface area contributed by atoms with Gasteiger partial charge in [0.05, 0.1) is 4.92 Å². The highest BCUT2D eigenvalue weighted by Gasteiger charge is 2.14. The summed E-state index contributed by atoms with van der Waals surface area (Å²) in [4.78, 5) is 9.98. The van der Waals surface area contributed by atoms with Crippen LogP contribution in [0.15, 0.2) is 23.5 Å². The molecule has 0 radical (unpaired) electrons. The van der Waals surface area contributed by atoms with Crippen LogP contribution in [-0.4, -0.2) is 18.0 Å². The summed E-state index contributed by atoms with van der Waals surface area (Å²) < 4.78 is 0. The number of hydrogen-bond donors (Lipinski definition) is 1. The highest BCUT2D eigenvalue weighted by atomic mass is 16.6. The second-order valence-corrected chi connectivity index (χ2v) is 2.78. The SMILES string of the molecule is [NH-]CCNC1=CC=C([N+](=O)[O-])CC1. The van der Waals surface area contributed by atoms with E-state index in [2.05, 4.69) is 5.32 Å². The Morgan fingerprint density at radius 2 is 2.31 bits per heavy atom. The van der Waals surface area contributed by atoms with Gasteiger partial charge in [0.1, 0.15) is 0 Å². The first-order valence-corrected chi connectivity index (χ1v) is 4.16. The Morgan fingerprint density at radius 1 is 1.54 bits per heavy atom. The molecule has 0 saturated carbocycles. The van der Waals surface area contributed by atoms with E-state index < -0.39 is 0 Å². The molecule has 2 N–H and O–H groups in total. The van der Waals surface area contributed by atoms with Crippen molar-refractivity contribution in [2.45, 2.75) is 12.8 Å². The maximum Gasteiger partial charge on any atom is 0.246 e. The first-order chi connectivity index (χ1) is 6.24. The molecule has 0 heterocycles. The van der Waals surface area contributed by atoms with Crippen LogP contribution in [0.5, 0.6) is 0 Å². The molecule has 72 valence electrons. The zero-order valence-electron chi connectivity index (χ0n) is 7.25. The molecule has 0 unspecified atom stereocenters. The van der Waals surface area contributed by atoms with Gasteiger partial charge in [-0.05, 0) is 19.0 Å². The number of hydrogen-bond acceptors (Lipinski definition) is 3. The standard InChI is InChI=1S/C8H12N3O2/c9-5-6-10-7-1-3-8(4-2-7)11(12)13/h1,3,9-10H,2,4-6H2/q-1. The third-order valence-electron chi connectivity index (χ3n) is 1.84. The lowest BCUT2D eigenvalue weighted by Crippen LogP contribution is -2.18. The van der Waals surface area contributed by atoms with Gasteiger partial charge in [-0.1, -0.05) is 0 Å². The van der Waals surface area contributed by atoms with Gasteiger partial charge in [-0.3, -0.25) is 10.1 Å². The van der Waals surface area contributed by atoms with E-state index in [0.717, 1.165) is 5.70 Å². The molecule has 0 spiro atoms. The maximum atomic E-state index is 10.3. The van der Waals surface area contributed by atoms with E-state index in [1.165, 1.54) is 6.08 Å². The van der Waals surface area contributed by atoms with E-state index in [1.54, 1.807) is 6.08 Å². The van der Waals surface area contributed by atoms with E-state index >= 15 is 0 Å². The molecule has 0 atom stereocenters. The predicted octanol–water partition coefficient (Wildman–Crippen LogP) is 1.47. The minimum atomic E-state index is -0.349. The van der Waals surface area contributed by atoms with Crippen LogP contribution in [0.25, 0.3) is 5.73 Å². The molecule has 0 fully saturated rings. The molecule has 0 aromatic heterocycles. The van der Waals surface area contributed by atoms with Crippen molar-refractivity contribution in [1.82, 2.24) is 5.32 Å². The summed E-state index contributed by atoms with van der Waals surface area (Å²) in [6.45, 7) is 0.927.